The van der Waals surface area contributed by atoms with Crippen molar-refractivity contribution in [1.82, 2.24) is 39.5 Å². The molecule has 10 nitrogen and oxygen atoms in total. The fraction of sp³-hybridized carbons (Fsp3) is 0.0625. The minimum Gasteiger partial charge on any atom is -0.456 e. The molecule has 2 aliphatic rings. The van der Waals surface area contributed by atoms with E-state index in [2.05, 4.69) is 216 Å². The monoisotopic (exact) mass is 1440 g/mol. The summed E-state index contributed by atoms with van der Waals surface area (Å²) in [5, 5.41) is 9.74. The molecule has 22 rings (SSSR count). The Morgan fingerprint density at radius 3 is 1.07 bits per heavy atom. The van der Waals surface area contributed by atoms with E-state index in [1.807, 2.05) is 158 Å². The third kappa shape index (κ3) is 10.7. The van der Waals surface area contributed by atoms with E-state index in [0.29, 0.717) is 34.9 Å². The molecule has 0 bridgehead atoms. The van der Waals surface area contributed by atoms with Crippen LogP contribution in [0, 0.1) is 0 Å². The van der Waals surface area contributed by atoms with Crippen molar-refractivity contribution in [1.29, 1.82) is 0 Å². The first-order chi connectivity index (χ1) is 52.4. The zero-order valence-electron chi connectivity index (χ0n) is 58.8. The van der Waals surface area contributed by atoms with Gasteiger partial charge < -0.3 is 18.4 Å². The maximum atomic E-state index is 6.35. The Kier molecular flexibility index (Phi) is 14.8. The van der Waals surface area contributed by atoms with E-state index in [0.717, 1.165) is 76.6 Å². The Labute approximate surface area is 624 Å². The van der Waals surface area contributed by atoms with E-state index in [-0.39, 0.29) is 10.8 Å². The molecule has 2 aliphatic carbocycles. The van der Waals surface area contributed by atoms with E-state index >= 15 is 0 Å². The quantitative estimate of drug-likeness (QED) is 0.167. The molecule has 14 aromatic carbocycles. The molecule has 1 N–H and O–H groups in total. The topological polar surface area (TPSA) is 124 Å². The van der Waals surface area contributed by atoms with Crippen molar-refractivity contribution < 1.29 is 8.83 Å². The molecule has 0 aliphatic heterocycles. The van der Waals surface area contributed by atoms with E-state index < -0.39 is 0 Å². The molecule has 6 heterocycles. The van der Waals surface area contributed by atoms with Gasteiger partial charge in [0.1, 0.15) is 22.3 Å². The lowest BCUT2D eigenvalue weighted by atomic mass is 9.82. The fourth-order valence-electron chi connectivity index (χ4n) is 16.2. The average molecular weight is 1440 g/mol. The molecule has 0 spiro atoms. The third-order valence-electron chi connectivity index (χ3n) is 21.6. The molecule has 0 saturated carbocycles. The molecular weight excluding hydrogens is 1380 g/mol. The molecule has 0 fully saturated rings. The molecule has 0 unspecified atom stereocenters. The van der Waals surface area contributed by atoms with Crippen LogP contribution in [0.25, 0.3) is 184 Å². The van der Waals surface area contributed by atoms with Gasteiger partial charge in [-0.2, -0.15) is 0 Å². The van der Waals surface area contributed by atoms with Crippen molar-refractivity contribution in [3.05, 3.63) is 342 Å². The smallest absolute Gasteiger partial charge is 0.164 e. The number of benzene rings is 14. The van der Waals surface area contributed by atoms with Crippen molar-refractivity contribution >= 4 is 103 Å². The van der Waals surface area contributed by atoms with E-state index in [1.165, 1.54) is 98.9 Å². The highest BCUT2D eigenvalue weighted by Crippen LogP contribution is 2.55. The summed E-state index contributed by atoms with van der Waals surface area (Å²) in [7, 11) is 0. The van der Waals surface area contributed by atoms with Crippen LogP contribution in [0.2, 0.25) is 0 Å². The SMILES string of the molecule is Brc1ccc(-c2nc(-c3ccccc3)nc(-c3ccccc3)n2)cc1.CC1(C)c2cc3[nH]c4ccccc4c3cc2-c2cc3c(cc21)oc1ccccc13.CC1(C)c2cc3oc4ccccc4c3cc2-c2cc3c4ccccc4n(-c4ccc(-c5nc(-c6ccccc6)nc(-c6ccccc6)n5)cc4)c3cc21. The highest BCUT2D eigenvalue weighted by Gasteiger charge is 2.39. The van der Waals surface area contributed by atoms with Crippen LogP contribution in [0.1, 0.15) is 49.9 Å². The maximum absolute atomic E-state index is 6.35. The summed E-state index contributed by atoms with van der Waals surface area (Å²) in [6, 6.07) is 109. The lowest BCUT2D eigenvalue weighted by Gasteiger charge is -2.21. The number of aromatic amines is 1. The Morgan fingerprint density at radius 2 is 0.617 bits per heavy atom. The van der Waals surface area contributed by atoms with Gasteiger partial charge in [0.15, 0.2) is 34.9 Å². The molecular formula is C96H65BrN8O2. The fourth-order valence-corrected chi connectivity index (χ4v) is 16.5. The molecule has 107 heavy (non-hydrogen) atoms. The van der Waals surface area contributed by atoms with Gasteiger partial charge in [0.2, 0.25) is 0 Å². The second-order valence-corrected chi connectivity index (χ2v) is 29.7. The lowest BCUT2D eigenvalue weighted by Crippen LogP contribution is -2.15. The summed E-state index contributed by atoms with van der Waals surface area (Å²) in [6.45, 7) is 9.31. The van der Waals surface area contributed by atoms with Crippen molar-refractivity contribution in [2.45, 2.75) is 38.5 Å². The largest absolute Gasteiger partial charge is 0.456 e. The minimum absolute atomic E-state index is 0.0662. The molecule has 0 atom stereocenters. The van der Waals surface area contributed by atoms with Gasteiger partial charge in [-0.1, -0.05) is 250 Å². The first-order valence-corrected chi connectivity index (χ1v) is 36.9. The van der Waals surface area contributed by atoms with E-state index in [9.17, 15) is 0 Å². The number of para-hydroxylation sites is 4. The van der Waals surface area contributed by atoms with Crippen LogP contribution in [0.4, 0.5) is 0 Å². The summed E-state index contributed by atoms with van der Waals surface area (Å²) in [6.07, 6.45) is 0. The van der Waals surface area contributed by atoms with Crippen LogP contribution in [0.3, 0.4) is 0 Å². The lowest BCUT2D eigenvalue weighted by molar-refractivity contribution is 0.647. The van der Waals surface area contributed by atoms with Crippen LogP contribution in [0.5, 0.6) is 0 Å². The van der Waals surface area contributed by atoms with Gasteiger partial charge in [0, 0.05) is 108 Å². The van der Waals surface area contributed by atoms with E-state index in [1.54, 1.807) is 0 Å². The van der Waals surface area contributed by atoms with Crippen LogP contribution in [-0.4, -0.2) is 39.5 Å². The number of rotatable bonds is 7. The molecule has 0 radical (unpaired) electrons. The number of hydrogen-bond acceptors (Lipinski definition) is 8. The molecule has 0 amide bonds. The third-order valence-corrected chi connectivity index (χ3v) is 22.2. The zero-order valence-corrected chi connectivity index (χ0v) is 60.4. The summed E-state index contributed by atoms with van der Waals surface area (Å²) < 4.78 is 16.0. The summed E-state index contributed by atoms with van der Waals surface area (Å²) >= 11 is 3.47. The number of hydrogen-bond donors (Lipinski definition) is 1. The van der Waals surface area contributed by atoms with Crippen LogP contribution in [-0.2, 0) is 10.8 Å². The Morgan fingerprint density at radius 1 is 0.271 bits per heavy atom. The van der Waals surface area contributed by atoms with Crippen molar-refractivity contribution in [3.8, 4) is 96.3 Å². The van der Waals surface area contributed by atoms with Crippen LogP contribution in [0.15, 0.2) is 329 Å². The van der Waals surface area contributed by atoms with Gasteiger partial charge in [-0.05, 0) is 154 Å². The van der Waals surface area contributed by atoms with Gasteiger partial charge >= 0.3 is 0 Å². The van der Waals surface area contributed by atoms with Gasteiger partial charge in [-0.3, -0.25) is 0 Å². The number of aromatic nitrogens is 8. The van der Waals surface area contributed by atoms with Crippen LogP contribution >= 0.6 is 15.9 Å². The summed E-state index contributed by atoms with van der Waals surface area (Å²) in [5.74, 6) is 3.96. The number of nitrogens with zero attached hydrogens (tertiary/aromatic N) is 7. The highest BCUT2D eigenvalue weighted by molar-refractivity contribution is 9.10. The predicted molar refractivity (Wildman–Crippen MR) is 440 cm³/mol. The summed E-state index contributed by atoms with van der Waals surface area (Å²) in [5.41, 5.74) is 25.7. The molecule has 20 aromatic rings. The molecule has 6 aromatic heterocycles. The number of halogens is 1. The second kappa shape index (κ2) is 25.0. The predicted octanol–water partition coefficient (Wildman–Crippen LogP) is 25.3. The zero-order chi connectivity index (χ0) is 71.7. The maximum Gasteiger partial charge on any atom is 0.164 e. The minimum atomic E-state index is -0.206. The van der Waals surface area contributed by atoms with Crippen molar-refractivity contribution in [3.63, 3.8) is 0 Å². The van der Waals surface area contributed by atoms with Crippen LogP contribution < -0.4 is 0 Å². The van der Waals surface area contributed by atoms with Gasteiger partial charge in [0.25, 0.3) is 0 Å². The Balaban J connectivity index is 0.000000117. The number of fused-ring (bicyclic) bond motifs is 18. The molecule has 0 saturated heterocycles. The second-order valence-electron chi connectivity index (χ2n) is 28.7. The van der Waals surface area contributed by atoms with Gasteiger partial charge in [-0.25, -0.2) is 29.9 Å². The van der Waals surface area contributed by atoms with Crippen molar-refractivity contribution in [2.75, 3.05) is 0 Å². The number of nitrogens with one attached hydrogen (secondary N) is 1. The molecule has 508 valence electrons. The first-order valence-electron chi connectivity index (χ1n) is 36.1. The Bertz CT molecular complexity index is 6690. The van der Waals surface area contributed by atoms with Gasteiger partial charge in [0.05, 0.1) is 11.0 Å². The Hall–Kier alpha value is -13.2. The van der Waals surface area contributed by atoms with Crippen molar-refractivity contribution in [2.24, 2.45) is 0 Å². The molecule has 11 heteroatoms. The highest BCUT2D eigenvalue weighted by atomic mass is 79.9. The normalized spacial score (nSPS) is 13.1. The first kappa shape index (κ1) is 63.5. The number of H-pyrrole nitrogens is 1. The standard InChI is InChI=1S/C48H32N4O.C27H19NO.C21H14BrN3/c1-48(2)39-27-42-37(25-35(39)36-26-38-34-18-10-12-20-43(34)53-44(38)28-40(36)48)33-17-9-11-19-41(33)52(42)32-23-21-31(22-24-32)47-50-45(29-13-5-3-6-14-29)49-46(51-47)30-15-7-4-8-16-30;1-27(2)21-13-24-19(15-7-3-5-9-23(15)28-24)11-17(21)18-12-20-16-8-4-6-10-25(16)29-26(20)14-22(18)27;22-18-13-11-17(12-14-18)21-24-19(15-7-3-1-4-8-15)23-20(25-21)16-9-5-2-6-10-16/h3-28H,1-2H3;3-14,28H,1-2H3;1-14H. The van der Waals surface area contributed by atoms with Gasteiger partial charge in [-0.15, -0.1) is 0 Å². The summed E-state index contributed by atoms with van der Waals surface area (Å²) in [4.78, 5) is 32.5. The number of furan rings is 2. The average Bonchev–Trinajstić information content (AvgIpc) is 1.55. The van der Waals surface area contributed by atoms with E-state index in [4.69, 9.17) is 33.8 Å².